The Morgan fingerprint density at radius 1 is 1.69 bits per heavy atom. The highest BCUT2D eigenvalue weighted by molar-refractivity contribution is 7.71. The minimum absolute atomic E-state index is 0.449. The minimum atomic E-state index is 0.449. The second-order valence-electron chi connectivity index (χ2n) is 4.52. The molecule has 2 rings (SSSR count). The van der Waals surface area contributed by atoms with E-state index in [0.29, 0.717) is 11.5 Å². The third-order valence-corrected chi connectivity index (χ3v) is 3.34. The van der Waals surface area contributed by atoms with Gasteiger partial charge in [0.05, 0.1) is 0 Å². The van der Waals surface area contributed by atoms with E-state index in [9.17, 15) is 0 Å². The summed E-state index contributed by atoms with van der Waals surface area (Å²) in [4.78, 5) is 3.13. The summed E-state index contributed by atoms with van der Waals surface area (Å²) in [5.41, 5.74) is 1.78. The fourth-order valence-electron chi connectivity index (χ4n) is 1.91. The SMILES string of the molecule is CCc1c[nH]c(=S)n1C1CC1(C)C. The number of imidazole rings is 1. The van der Waals surface area contributed by atoms with Crippen molar-refractivity contribution in [2.24, 2.45) is 5.41 Å². The summed E-state index contributed by atoms with van der Waals surface area (Å²) < 4.78 is 3.17. The second kappa shape index (κ2) is 2.71. The molecule has 1 aliphatic carbocycles. The Balaban J connectivity index is 2.40. The van der Waals surface area contributed by atoms with Crippen LogP contribution in [0, 0.1) is 10.2 Å². The Labute approximate surface area is 84.0 Å². The number of aromatic nitrogens is 2. The predicted molar refractivity (Wildman–Crippen MR) is 56.4 cm³/mol. The summed E-state index contributed by atoms with van der Waals surface area (Å²) in [7, 11) is 0. The highest BCUT2D eigenvalue weighted by atomic mass is 32.1. The first-order valence-electron chi connectivity index (χ1n) is 4.85. The van der Waals surface area contributed by atoms with Crippen LogP contribution in [0.25, 0.3) is 0 Å². The van der Waals surface area contributed by atoms with Crippen molar-refractivity contribution in [3.8, 4) is 0 Å². The van der Waals surface area contributed by atoms with Crippen molar-refractivity contribution in [3.05, 3.63) is 16.7 Å². The van der Waals surface area contributed by atoms with Crippen molar-refractivity contribution in [1.82, 2.24) is 9.55 Å². The summed E-state index contributed by atoms with van der Waals surface area (Å²) in [5, 5.41) is 0. The van der Waals surface area contributed by atoms with Gasteiger partial charge in [0.1, 0.15) is 0 Å². The predicted octanol–water partition coefficient (Wildman–Crippen LogP) is 3.08. The molecule has 0 aliphatic heterocycles. The zero-order valence-electron chi connectivity index (χ0n) is 8.42. The van der Waals surface area contributed by atoms with Gasteiger partial charge in [-0.25, -0.2) is 0 Å². The van der Waals surface area contributed by atoms with Gasteiger partial charge in [-0.15, -0.1) is 0 Å². The third-order valence-electron chi connectivity index (χ3n) is 3.03. The Bertz CT molecular complexity index is 373. The molecule has 3 heteroatoms. The van der Waals surface area contributed by atoms with Gasteiger partial charge in [-0.2, -0.15) is 0 Å². The first-order valence-corrected chi connectivity index (χ1v) is 5.26. The summed E-state index contributed by atoms with van der Waals surface area (Å²) in [6.07, 6.45) is 4.35. The lowest BCUT2D eigenvalue weighted by molar-refractivity contribution is 0.526. The lowest BCUT2D eigenvalue weighted by Gasteiger charge is -2.08. The quantitative estimate of drug-likeness (QED) is 0.721. The van der Waals surface area contributed by atoms with E-state index in [1.54, 1.807) is 0 Å². The van der Waals surface area contributed by atoms with Crippen molar-refractivity contribution < 1.29 is 0 Å². The third kappa shape index (κ3) is 1.35. The Morgan fingerprint density at radius 3 is 2.77 bits per heavy atom. The zero-order chi connectivity index (χ0) is 9.64. The first kappa shape index (κ1) is 9.00. The van der Waals surface area contributed by atoms with Crippen molar-refractivity contribution in [3.63, 3.8) is 0 Å². The van der Waals surface area contributed by atoms with Crippen molar-refractivity contribution in [2.75, 3.05) is 0 Å². The van der Waals surface area contributed by atoms with Gasteiger partial charge in [0.15, 0.2) is 4.77 Å². The molecule has 0 bridgehead atoms. The molecule has 1 N–H and O–H groups in total. The highest BCUT2D eigenvalue weighted by Crippen LogP contribution is 2.55. The average Bonchev–Trinajstić information content (AvgIpc) is 2.54. The van der Waals surface area contributed by atoms with Crippen LogP contribution in [0.4, 0.5) is 0 Å². The van der Waals surface area contributed by atoms with Crippen molar-refractivity contribution >= 4 is 12.2 Å². The van der Waals surface area contributed by atoms with Gasteiger partial charge in [0.25, 0.3) is 0 Å². The largest absolute Gasteiger partial charge is 0.337 e. The smallest absolute Gasteiger partial charge is 0.177 e. The van der Waals surface area contributed by atoms with E-state index in [1.807, 2.05) is 6.20 Å². The Kier molecular flexibility index (Phi) is 1.88. The van der Waals surface area contributed by atoms with Crippen molar-refractivity contribution in [2.45, 2.75) is 39.7 Å². The molecule has 0 saturated heterocycles. The molecule has 13 heavy (non-hydrogen) atoms. The molecule has 0 amide bonds. The maximum Gasteiger partial charge on any atom is 0.177 e. The number of aryl methyl sites for hydroxylation is 1. The minimum Gasteiger partial charge on any atom is -0.337 e. The number of rotatable bonds is 2. The van der Waals surface area contributed by atoms with Crippen LogP contribution >= 0.6 is 12.2 Å². The molecule has 1 fully saturated rings. The second-order valence-corrected chi connectivity index (χ2v) is 4.90. The van der Waals surface area contributed by atoms with Crippen LogP contribution in [-0.4, -0.2) is 9.55 Å². The van der Waals surface area contributed by atoms with E-state index in [2.05, 4.69) is 30.3 Å². The summed E-state index contributed by atoms with van der Waals surface area (Å²) in [6, 6.07) is 0.626. The van der Waals surface area contributed by atoms with Crippen LogP contribution in [0.15, 0.2) is 6.20 Å². The number of hydrogen-bond acceptors (Lipinski definition) is 1. The summed E-state index contributed by atoms with van der Waals surface area (Å²) in [6.45, 7) is 6.77. The fourth-order valence-corrected chi connectivity index (χ4v) is 2.21. The molecular formula is C10H16N2S. The van der Waals surface area contributed by atoms with Crippen LogP contribution in [-0.2, 0) is 6.42 Å². The van der Waals surface area contributed by atoms with E-state index < -0.39 is 0 Å². The average molecular weight is 196 g/mol. The van der Waals surface area contributed by atoms with Crippen LogP contribution in [0.1, 0.15) is 38.9 Å². The monoisotopic (exact) mass is 196 g/mol. The summed E-state index contributed by atoms with van der Waals surface area (Å²) >= 11 is 5.27. The van der Waals surface area contributed by atoms with Gasteiger partial charge < -0.3 is 9.55 Å². The molecule has 0 spiro atoms. The van der Waals surface area contributed by atoms with Crippen molar-refractivity contribution in [1.29, 1.82) is 0 Å². The molecule has 2 nitrogen and oxygen atoms in total. The molecule has 1 atom stereocenters. The number of nitrogens with zero attached hydrogens (tertiary/aromatic N) is 1. The van der Waals surface area contributed by atoms with Crippen LogP contribution < -0.4 is 0 Å². The molecule has 1 unspecified atom stereocenters. The lowest BCUT2D eigenvalue weighted by atomic mass is 10.2. The zero-order valence-corrected chi connectivity index (χ0v) is 9.24. The maximum absolute atomic E-state index is 5.27. The topological polar surface area (TPSA) is 20.7 Å². The normalized spacial score (nSPS) is 24.7. The maximum atomic E-state index is 5.27. The highest BCUT2D eigenvalue weighted by Gasteiger charge is 2.47. The standard InChI is InChI=1S/C10H16N2S/c1-4-7-6-11-9(13)12(7)8-5-10(8,2)3/h6,8H,4-5H2,1-3H3,(H,11,13). The first-order chi connectivity index (χ1) is 6.06. The van der Waals surface area contributed by atoms with Gasteiger partial charge in [-0.3, -0.25) is 0 Å². The number of hydrogen-bond donors (Lipinski definition) is 1. The number of H-pyrrole nitrogens is 1. The molecule has 1 aromatic rings. The van der Waals surface area contributed by atoms with Crippen LogP contribution in [0.3, 0.4) is 0 Å². The van der Waals surface area contributed by atoms with E-state index >= 15 is 0 Å². The van der Waals surface area contributed by atoms with Gasteiger partial charge in [-0.05, 0) is 30.5 Å². The molecular weight excluding hydrogens is 180 g/mol. The van der Waals surface area contributed by atoms with Crippen LogP contribution in [0.5, 0.6) is 0 Å². The van der Waals surface area contributed by atoms with E-state index in [-0.39, 0.29) is 0 Å². The van der Waals surface area contributed by atoms with E-state index in [1.165, 1.54) is 12.1 Å². The molecule has 72 valence electrons. The molecule has 0 radical (unpaired) electrons. The van der Waals surface area contributed by atoms with Gasteiger partial charge in [-0.1, -0.05) is 20.8 Å². The van der Waals surface area contributed by atoms with E-state index in [4.69, 9.17) is 12.2 Å². The fraction of sp³-hybridized carbons (Fsp3) is 0.700. The van der Waals surface area contributed by atoms with E-state index in [0.717, 1.165) is 11.2 Å². The van der Waals surface area contributed by atoms with Gasteiger partial charge in [0, 0.05) is 17.9 Å². The van der Waals surface area contributed by atoms with Gasteiger partial charge >= 0.3 is 0 Å². The van der Waals surface area contributed by atoms with Gasteiger partial charge in [0.2, 0.25) is 0 Å². The number of nitrogens with one attached hydrogen (secondary N) is 1. The summed E-state index contributed by atoms with van der Waals surface area (Å²) in [5.74, 6) is 0. The Morgan fingerprint density at radius 2 is 2.31 bits per heavy atom. The molecule has 0 aromatic carbocycles. The number of aromatic amines is 1. The molecule has 1 aromatic heterocycles. The Hall–Kier alpha value is -0.570. The molecule has 1 saturated carbocycles. The van der Waals surface area contributed by atoms with Crippen LogP contribution in [0.2, 0.25) is 0 Å². The molecule has 1 heterocycles. The molecule has 1 aliphatic rings. The lowest BCUT2D eigenvalue weighted by Crippen LogP contribution is -2.04.